The van der Waals surface area contributed by atoms with Crippen molar-refractivity contribution in [1.29, 1.82) is 0 Å². The predicted molar refractivity (Wildman–Crippen MR) is 71.1 cm³/mol. The standard InChI is InChI=1S/C14H21N3O3/c18-14(19)11-4-2-1-3-10(11)7-15-8-12-16-13(17-20-12)9-5-6-9/h9-11,15H,1-8H2,(H,18,19). The lowest BCUT2D eigenvalue weighted by molar-refractivity contribution is -0.144. The van der Waals surface area contributed by atoms with E-state index in [9.17, 15) is 9.90 Å². The van der Waals surface area contributed by atoms with E-state index in [2.05, 4.69) is 15.5 Å². The van der Waals surface area contributed by atoms with Crippen LogP contribution in [0.3, 0.4) is 0 Å². The van der Waals surface area contributed by atoms with E-state index >= 15 is 0 Å². The number of carboxylic acids is 1. The summed E-state index contributed by atoms with van der Waals surface area (Å²) < 4.78 is 5.19. The summed E-state index contributed by atoms with van der Waals surface area (Å²) in [5.74, 6) is 1.28. The molecular weight excluding hydrogens is 258 g/mol. The van der Waals surface area contributed by atoms with Gasteiger partial charge in [-0.2, -0.15) is 4.98 Å². The van der Waals surface area contributed by atoms with E-state index in [0.717, 1.165) is 44.3 Å². The molecule has 6 nitrogen and oxygen atoms in total. The third kappa shape index (κ3) is 3.17. The smallest absolute Gasteiger partial charge is 0.306 e. The second-order valence-electron chi connectivity index (χ2n) is 5.94. The van der Waals surface area contributed by atoms with Crippen LogP contribution < -0.4 is 5.32 Å². The van der Waals surface area contributed by atoms with Crippen molar-refractivity contribution in [2.75, 3.05) is 6.54 Å². The lowest BCUT2D eigenvalue weighted by Crippen LogP contribution is -2.34. The van der Waals surface area contributed by atoms with E-state index in [1.807, 2.05) is 0 Å². The van der Waals surface area contributed by atoms with Crippen LogP contribution in [0, 0.1) is 11.8 Å². The molecule has 1 heterocycles. The van der Waals surface area contributed by atoms with Crippen LogP contribution in [0.25, 0.3) is 0 Å². The summed E-state index contributed by atoms with van der Waals surface area (Å²) in [4.78, 5) is 15.6. The maximum Gasteiger partial charge on any atom is 0.306 e. The van der Waals surface area contributed by atoms with Crippen LogP contribution in [-0.2, 0) is 11.3 Å². The van der Waals surface area contributed by atoms with Crippen molar-refractivity contribution in [2.24, 2.45) is 11.8 Å². The molecule has 110 valence electrons. The van der Waals surface area contributed by atoms with Crippen LogP contribution in [0.5, 0.6) is 0 Å². The van der Waals surface area contributed by atoms with Gasteiger partial charge in [0.25, 0.3) is 0 Å². The van der Waals surface area contributed by atoms with Gasteiger partial charge in [-0.3, -0.25) is 4.79 Å². The number of nitrogens with one attached hydrogen (secondary N) is 1. The first kappa shape index (κ1) is 13.5. The van der Waals surface area contributed by atoms with Crippen LogP contribution in [0.2, 0.25) is 0 Å². The number of carboxylic acid groups (broad SMARTS) is 1. The molecule has 1 aromatic heterocycles. The first-order valence-corrected chi connectivity index (χ1v) is 7.50. The molecule has 2 aliphatic carbocycles. The van der Waals surface area contributed by atoms with Gasteiger partial charge < -0.3 is 14.9 Å². The van der Waals surface area contributed by atoms with Gasteiger partial charge >= 0.3 is 5.97 Å². The Hall–Kier alpha value is -1.43. The van der Waals surface area contributed by atoms with E-state index in [-0.39, 0.29) is 11.8 Å². The summed E-state index contributed by atoms with van der Waals surface area (Å²) in [5.41, 5.74) is 0. The van der Waals surface area contributed by atoms with Crippen molar-refractivity contribution in [3.05, 3.63) is 11.7 Å². The number of carbonyl (C=O) groups is 1. The highest BCUT2D eigenvalue weighted by molar-refractivity contribution is 5.70. The highest BCUT2D eigenvalue weighted by Gasteiger charge is 2.31. The number of hydrogen-bond acceptors (Lipinski definition) is 5. The molecule has 2 N–H and O–H groups in total. The molecule has 0 aliphatic heterocycles. The monoisotopic (exact) mass is 279 g/mol. The van der Waals surface area contributed by atoms with Crippen LogP contribution in [0.4, 0.5) is 0 Å². The van der Waals surface area contributed by atoms with Crippen LogP contribution in [0.15, 0.2) is 4.52 Å². The van der Waals surface area contributed by atoms with E-state index in [1.165, 1.54) is 0 Å². The number of hydrogen-bond donors (Lipinski definition) is 2. The molecule has 0 bridgehead atoms. The van der Waals surface area contributed by atoms with Crippen molar-refractivity contribution in [2.45, 2.75) is 51.0 Å². The fraction of sp³-hybridized carbons (Fsp3) is 0.786. The Morgan fingerprint density at radius 1 is 1.30 bits per heavy atom. The largest absolute Gasteiger partial charge is 0.481 e. The molecule has 20 heavy (non-hydrogen) atoms. The van der Waals surface area contributed by atoms with Gasteiger partial charge in [0.1, 0.15) is 0 Å². The van der Waals surface area contributed by atoms with Gasteiger partial charge in [-0.15, -0.1) is 0 Å². The molecule has 2 atom stereocenters. The van der Waals surface area contributed by atoms with Crippen molar-refractivity contribution >= 4 is 5.97 Å². The third-order valence-electron chi connectivity index (χ3n) is 4.34. The molecule has 2 unspecified atom stereocenters. The summed E-state index contributed by atoms with van der Waals surface area (Å²) in [6, 6.07) is 0. The van der Waals surface area contributed by atoms with Gasteiger partial charge in [-0.25, -0.2) is 0 Å². The summed E-state index contributed by atoms with van der Waals surface area (Å²) in [6.07, 6.45) is 6.27. The quantitative estimate of drug-likeness (QED) is 0.827. The minimum absolute atomic E-state index is 0.207. The molecule has 6 heteroatoms. The minimum atomic E-state index is -0.662. The van der Waals surface area contributed by atoms with E-state index < -0.39 is 5.97 Å². The van der Waals surface area contributed by atoms with E-state index in [0.29, 0.717) is 24.9 Å². The van der Waals surface area contributed by atoms with Crippen LogP contribution in [0.1, 0.15) is 56.2 Å². The lowest BCUT2D eigenvalue weighted by atomic mass is 9.79. The molecule has 2 saturated carbocycles. The molecule has 0 radical (unpaired) electrons. The summed E-state index contributed by atoms with van der Waals surface area (Å²) in [5, 5.41) is 16.5. The second kappa shape index (κ2) is 5.91. The average molecular weight is 279 g/mol. The van der Waals surface area contributed by atoms with Gasteiger partial charge in [0, 0.05) is 5.92 Å². The van der Waals surface area contributed by atoms with Gasteiger partial charge in [-0.1, -0.05) is 18.0 Å². The normalized spacial score (nSPS) is 26.6. The van der Waals surface area contributed by atoms with E-state index in [1.54, 1.807) is 0 Å². The summed E-state index contributed by atoms with van der Waals surface area (Å²) >= 11 is 0. The molecule has 0 aromatic carbocycles. The number of rotatable bonds is 6. The molecule has 2 fully saturated rings. The average Bonchev–Trinajstić information content (AvgIpc) is 3.19. The zero-order valence-electron chi connectivity index (χ0n) is 11.5. The lowest BCUT2D eigenvalue weighted by Gasteiger charge is -2.28. The second-order valence-corrected chi connectivity index (χ2v) is 5.94. The van der Waals surface area contributed by atoms with Crippen LogP contribution >= 0.6 is 0 Å². The maximum absolute atomic E-state index is 11.2. The highest BCUT2D eigenvalue weighted by atomic mass is 16.5. The van der Waals surface area contributed by atoms with Gasteiger partial charge in [0.05, 0.1) is 12.5 Å². The van der Waals surface area contributed by atoms with Crippen molar-refractivity contribution in [3.8, 4) is 0 Å². The SMILES string of the molecule is O=C(O)C1CCCCC1CNCc1nc(C2CC2)no1. The number of nitrogens with zero attached hydrogens (tertiary/aromatic N) is 2. The molecule has 0 amide bonds. The van der Waals surface area contributed by atoms with Gasteiger partial charge in [-0.05, 0) is 38.1 Å². The molecule has 0 spiro atoms. The Morgan fingerprint density at radius 2 is 2.10 bits per heavy atom. The zero-order chi connectivity index (χ0) is 13.9. The zero-order valence-corrected chi connectivity index (χ0v) is 11.5. The molecule has 2 aliphatic rings. The van der Waals surface area contributed by atoms with Crippen molar-refractivity contribution < 1.29 is 14.4 Å². The summed E-state index contributed by atoms with van der Waals surface area (Å²) in [6.45, 7) is 1.24. The molecule has 3 rings (SSSR count). The Balaban J connectivity index is 1.46. The first-order chi connectivity index (χ1) is 9.74. The Morgan fingerprint density at radius 3 is 2.85 bits per heavy atom. The van der Waals surface area contributed by atoms with Gasteiger partial charge in [0.2, 0.25) is 5.89 Å². The highest BCUT2D eigenvalue weighted by Crippen LogP contribution is 2.38. The third-order valence-corrected chi connectivity index (χ3v) is 4.34. The summed E-state index contributed by atoms with van der Waals surface area (Å²) in [7, 11) is 0. The van der Waals surface area contributed by atoms with Gasteiger partial charge in [0.15, 0.2) is 5.82 Å². The number of aliphatic carboxylic acids is 1. The molecule has 0 saturated heterocycles. The molecule has 1 aromatic rings. The van der Waals surface area contributed by atoms with E-state index in [4.69, 9.17) is 4.52 Å². The van der Waals surface area contributed by atoms with Crippen molar-refractivity contribution in [1.82, 2.24) is 15.5 Å². The fourth-order valence-corrected chi connectivity index (χ4v) is 2.99. The Kier molecular flexibility index (Phi) is 4.00. The minimum Gasteiger partial charge on any atom is -0.481 e. The topological polar surface area (TPSA) is 88.2 Å². The van der Waals surface area contributed by atoms with Crippen molar-refractivity contribution in [3.63, 3.8) is 0 Å². The predicted octanol–water partition coefficient (Wildman–Crippen LogP) is 1.93. The Labute approximate surface area is 117 Å². The fourth-order valence-electron chi connectivity index (χ4n) is 2.99. The molecular formula is C14H21N3O3. The Bertz CT molecular complexity index is 470. The number of aromatic nitrogens is 2. The first-order valence-electron chi connectivity index (χ1n) is 7.50. The van der Waals surface area contributed by atoms with Crippen LogP contribution in [-0.4, -0.2) is 27.8 Å². The maximum atomic E-state index is 11.2.